The molecule has 0 spiro atoms. The van der Waals surface area contributed by atoms with E-state index in [1.165, 1.54) is 12.0 Å². The molecule has 1 aromatic rings. The molecule has 1 saturated heterocycles. The van der Waals surface area contributed by atoms with Crippen LogP contribution in [0, 0.1) is 5.92 Å². The van der Waals surface area contributed by atoms with Crippen LogP contribution in [0.1, 0.15) is 44.0 Å². The van der Waals surface area contributed by atoms with Crippen LogP contribution >= 0.6 is 11.3 Å². The highest BCUT2D eigenvalue weighted by Crippen LogP contribution is 2.33. The number of amides is 1. The number of nitrogens with one attached hydrogen (secondary N) is 1. The van der Waals surface area contributed by atoms with Crippen molar-refractivity contribution in [2.75, 3.05) is 20.2 Å². The van der Waals surface area contributed by atoms with Gasteiger partial charge in [-0.3, -0.25) is 9.69 Å². The molecule has 1 aliphatic heterocycles. The number of hydrogen-bond donors (Lipinski definition) is 1. The SMILES string of the molecule is CCC(C)C(NC(=O)CN1CCCC1c1cccs1)C(=O)OC. The van der Waals surface area contributed by atoms with Crippen molar-refractivity contribution < 1.29 is 14.3 Å². The number of hydrogen-bond acceptors (Lipinski definition) is 5. The van der Waals surface area contributed by atoms with Gasteiger partial charge in [0, 0.05) is 10.9 Å². The van der Waals surface area contributed by atoms with E-state index < -0.39 is 6.04 Å². The van der Waals surface area contributed by atoms with Gasteiger partial charge in [-0.15, -0.1) is 11.3 Å². The average molecular weight is 338 g/mol. The highest BCUT2D eigenvalue weighted by atomic mass is 32.1. The zero-order valence-corrected chi connectivity index (χ0v) is 14.9. The van der Waals surface area contributed by atoms with E-state index in [-0.39, 0.29) is 17.8 Å². The molecule has 6 heteroatoms. The highest BCUT2D eigenvalue weighted by Gasteiger charge is 2.31. The Hall–Kier alpha value is -1.40. The molecule has 1 fully saturated rings. The molecule has 0 bridgehead atoms. The Morgan fingerprint density at radius 3 is 2.91 bits per heavy atom. The van der Waals surface area contributed by atoms with Gasteiger partial charge in [-0.25, -0.2) is 4.79 Å². The molecule has 3 unspecified atom stereocenters. The van der Waals surface area contributed by atoms with E-state index in [2.05, 4.69) is 21.7 Å². The van der Waals surface area contributed by atoms with E-state index in [1.54, 1.807) is 11.3 Å². The van der Waals surface area contributed by atoms with E-state index in [0.717, 1.165) is 25.8 Å². The number of thiophene rings is 1. The lowest BCUT2D eigenvalue weighted by molar-refractivity contribution is -0.146. The summed E-state index contributed by atoms with van der Waals surface area (Å²) in [4.78, 5) is 27.8. The Bertz CT molecular complexity index is 518. The molecule has 0 aromatic carbocycles. The summed E-state index contributed by atoms with van der Waals surface area (Å²) < 4.78 is 4.82. The third-order valence-electron chi connectivity index (χ3n) is 4.57. The lowest BCUT2D eigenvalue weighted by atomic mass is 9.99. The summed E-state index contributed by atoms with van der Waals surface area (Å²) in [5, 5.41) is 4.93. The number of nitrogens with zero attached hydrogens (tertiary/aromatic N) is 1. The number of ether oxygens (including phenoxy) is 1. The number of rotatable bonds is 7. The second kappa shape index (κ2) is 8.45. The Labute approximate surface area is 142 Å². The van der Waals surface area contributed by atoms with Crippen molar-refractivity contribution in [2.45, 2.75) is 45.2 Å². The first-order valence-electron chi connectivity index (χ1n) is 8.21. The van der Waals surface area contributed by atoms with E-state index in [0.29, 0.717) is 12.6 Å². The van der Waals surface area contributed by atoms with Crippen molar-refractivity contribution in [1.82, 2.24) is 10.2 Å². The number of methoxy groups -OCH3 is 1. The van der Waals surface area contributed by atoms with Gasteiger partial charge in [-0.1, -0.05) is 26.3 Å². The third-order valence-corrected chi connectivity index (χ3v) is 5.54. The minimum atomic E-state index is -0.569. The molecular weight excluding hydrogens is 312 g/mol. The van der Waals surface area contributed by atoms with Gasteiger partial charge in [-0.2, -0.15) is 0 Å². The van der Waals surface area contributed by atoms with Gasteiger partial charge in [0.25, 0.3) is 0 Å². The summed E-state index contributed by atoms with van der Waals surface area (Å²) in [5.74, 6) is -0.425. The van der Waals surface area contributed by atoms with Crippen molar-refractivity contribution in [3.8, 4) is 0 Å². The Kier molecular flexibility index (Phi) is 6.59. The first kappa shape index (κ1) is 17.9. The van der Waals surface area contributed by atoms with Crippen LogP contribution in [0.4, 0.5) is 0 Å². The molecule has 0 saturated carbocycles. The molecule has 1 N–H and O–H groups in total. The van der Waals surface area contributed by atoms with Crippen molar-refractivity contribution in [3.63, 3.8) is 0 Å². The van der Waals surface area contributed by atoms with Crippen LogP contribution in [0.2, 0.25) is 0 Å². The second-order valence-electron chi connectivity index (χ2n) is 6.10. The normalized spacial score (nSPS) is 20.9. The summed E-state index contributed by atoms with van der Waals surface area (Å²) in [7, 11) is 1.36. The monoisotopic (exact) mass is 338 g/mol. The van der Waals surface area contributed by atoms with Crippen molar-refractivity contribution in [3.05, 3.63) is 22.4 Å². The summed E-state index contributed by atoms with van der Waals surface area (Å²) >= 11 is 1.73. The van der Waals surface area contributed by atoms with Crippen LogP contribution in [0.25, 0.3) is 0 Å². The quantitative estimate of drug-likeness (QED) is 0.777. The van der Waals surface area contributed by atoms with Gasteiger partial charge in [0.1, 0.15) is 6.04 Å². The van der Waals surface area contributed by atoms with Gasteiger partial charge in [-0.05, 0) is 36.8 Å². The fourth-order valence-corrected chi connectivity index (χ4v) is 3.91. The largest absolute Gasteiger partial charge is 0.467 e. The number of esters is 1. The Morgan fingerprint density at radius 2 is 2.30 bits per heavy atom. The van der Waals surface area contributed by atoms with Crippen molar-refractivity contribution in [2.24, 2.45) is 5.92 Å². The molecule has 5 nitrogen and oxygen atoms in total. The maximum atomic E-state index is 12.4. The molecule has 2 heterocycles. The summed E-state index contributed by atoms with van der Waals surface area (Å²) in [6.07, 6.45) is 2.99. The van der Waals surface area contributed by atoms with Gasteiger partial charge in [0.15, 0.2) is 0 Å². The number of carbonyl (C=O) groups excluding carboxylic acids is 2. The van der Waals surface area contributed by atoms with E-state index >= 15 is 0 Å². The summed E-state index contributed by atoms with van der Waals surface area (Å²) in [6.45, 7) is 5.20. The predicted molar refractivity (Wildman–Crippen MR) is 91.3 cm³/mol. The van der Waals surface area contributed by atoms with Crippen LogP contribution in [-0.4, -0.2) is 43.0 Å². The Balaban J connectivity index is 1.96. The van der Waals surface area contributed by atoms with Crippen molar-refractivity contribution >= 4 is 23.2 Å². The van der Waals surface area contributed by atoms with Crippen LogP contribution in [0.5, 0.6) is 0 Å². The average Bonchev–Trinajstić information content (AvgIpc) is 3.22. The van der Waals surface area contributed by atoms with Crippen LogP contribution in [0.15, 0.2) is 17.5 Å². The van der Waals surface area contributed by atoms with Gasteiger partial charge < -0.3 is 10.1 Å². The fourth-order valence-electron chi connectivity index (χ4n) is 3.02. The zero-order valence-electron chi connectivity index (χ0n) is 14.1. The molecule has 23 heavy (non-hydrogen) atoms. The molecule has 0 radical (unpaired) electrons. The van der Waals surface area contributed by atoms with E-state index in [4.69, 9.17) is 4.74 Å². The number of carbonyl (C=O) groups is 2. The molecule has 1 aliphatic rings. The topological polar surface area (TPSA) is 58.6 Å². The van der Waals surface area contributed by atoms with Crippen LogP contribution in [-0.2, 0) is 14.3 Å². The minimum absolute atomic E-state index is 0.0538. The van der Waals surface area contributed by atoms with E-state index in [1.807, 2.05) is 19.9 Å². The maximum Gasteiger partial charge on any atom is 0.328 e. The van der Waals surface area contributed by atoms with Crippen LogP contribution < -0.4 is 5.32 Å². The predicted octanol–water partition coefficient (Wildman–Crippen LogP) is 2.59. The highest BCUT2D eigenvalue weighted by molar-refractivity contribution is 7.10. The minimum Gasteiger partial charge on any atom is -0.467 e. The summed E-state index contributed by atoms with van der Waals surface area (Å²) in [5.41, 5.74) is 0. The molecule has 0 aliphatic carbocycles. The lowest BCUT2D eigenvalue weighted by Gasteiger charge is -2.26. The smallest absolute Gasteiger partial charge is 0.328 e. The maximum absolute atomic E-state index is 12.4. The molecular formula is C17H26N2O3S. The standard InChI is InChI=1S/C17H26N2O3S/c1-4-12(2)16(17(21)22-3)18-15(20)11-19-9-5-7-13(19)14-8-6-10-23-14/h6,8,10,12-13,16H,4-5,7,9,11H2,1-3H3,(H,18,20). The summed E-state index contributed by atoms with van der Waals surface area (Å²) in [6, 6.07) is 3.93. The van der Waals surface area contributed by atoms with E-state index in [9.17, 15) is 9.59 Å². The zero-order chi connectivity index (χ0) is 16.8. The first-order valence-corrected chi connectivity index (χ1v) is 9.09. The molecule has 128 valence electrons. The number of likely N-dealkylation sites (tertiary alicyclic amines) is 1. The van der Waals surface area contributed by atoms with Gasteiger partial charge >= 0.3 is 5.97 Å². The van der Waals surface area contributed by atoms with Gasteiger partial charge in [0.2, 0.25) is 5.91 Å². The fraction of sp³-hybridized carbons (Fsp3) is 0.647. The lowest BCUT2D eigenvalue weighted by Crippen LogP contribution is -2.48. The first-order chi connectivity index (χ1) is 11.1. The van der Waals surface area contributed by atoms with Crippen LogP contribution in [0.3, 0.4) is 0 Å². The molecule has 2 rings (SSSR count). The van der Waals surface area contributed by atoms with Crippen molar-refractivity contribution in [1.29, 1.82) is 0 Å². The third kappa shape index (κ3) is 4.54. The van der Waals surface area contributed by atoms with Gasteiger partial charge in [0.05, 0.1) is 13.7 Å². The molecule has 3 atom stereocenters. The Morgan fingerprint density at radius 1 is 1.52 bits per heavy atom. The molecule has 1 aromatic heterocycles. The molecule has 1 amide bonds. The second-order valence-corrected chi connectivity index (χ2v) is 7.08.